The normalized spacial score (nSPS) is 20.4. The summed E-state index contributed by atoms with van der Waals surface area (Å²) in [4.78, 5) is 23.3. The van der Waals surface area contributed by atoms with Crippen LogP contribution in [0.2, 0.25) is 5.02 Å². The van der Waals surface area contributed by atoms with Gasteiger partial charge in [-0.2, -0.15) is 4.98 Å². The number of anilines is 3. The Morgan fingerprint density at radius 1 is 1.23 bits per heavy atom. The van der Waals surface area contributed by atoms with Crippen LogP contribution >= 0.6 is 11.6 Å². The number of nitrogens with zero attached hydrogens (tertiary/aromatic N) is 5. The molecule has 190 valence electrons. The zero-order valence-corrected chi connectivity index (χ0v) is 21.3. The monoisotopic (exact) mass is 508 g/mol. The summed E-state index contributed by atoms with van der Waals surface area (Å²) in [5.41, 5.74) is 1.03. The molecule has 0 bridgehead atoms. The maximum Gasteiger partial charge on any atom is 0.328 e. The van der Waals surface area contributed by atoms with Crippen molar-refractivity contribution in [3.63, 3.8) is 0 Å². The third kappa shape index (κ3) is 4.99. The highest BCUT2D eigenvalue weighted by molar-refractivity contribution is 6.32. The van der Waals surface area contributed by atoms with Gasteiger partial charge >= 0.3 is 5.69 Å². The van der Waals surface area contributed by atoms with E-state index >= 15 is 0 Å². The standard InChI is InChI=1S/C24H31ClF2N6O2/c1-14-12-32(13-15(2)24(14,26)27)21-28-11-17(25)20(30-21)29-16-6-7-18-19(10-16)33(22(34)31(18)5)9-8-23(3,4)35/h6-7,10-11,14-15,35H,8-9,12-13H2,1-5H3,(H,28,29,30). The SMILES string of the molecule is CC1CN(c2ncc(Cl)c(Nc3ccc4c(c3)n(CCC(C)(C)O)c(=O)n4C)n2)CC(C)C1(F)F. The molecule has 35 heavy (non-hydrogen) atoms. The second kappa shape index (κ2) is 9.05. The largest absolute Gasteiger partial charge is 0.390 e. The number of imidazole rings is 1. The zero-order chi connectivity index (χ0) is 25.7. The third-order valence-corrected chi connectivity index (χ3v) is 6.95. The van der Waals surface area contributed by atoms with Crippen LogP contribution in [0.4, 0.5) is 26.2 Å². The van der Waals surface area contributed by atoms with Crippen LogP contribution in [0.5, 0.6) is 0 Å². The van der Waals surface area contributed by atoms with Crippen molar-refractivity contribution in [3.8, 4) is 0 Å². The minimum absolute atomic E-state index is 0.141. The van der Waals surface area contributed by atoms with E-state index in [0.29, 0.717) is 35.9 Å². The van der Waals surface area contributed by atoms with Crippen molar-refractivity contribution in [1.82, 2.24) is 19.1 Å². The number of aryl methyl sites for hydroxylation is 2. The lowest BCUT2D eigenvalue weighted by atomic mass is 9.87. The number of piperidine rings is 1. The van der Waals surface area contributed by atoms with E-state index in [4.69, 9.17) is 11.6 Å². The van der Waals surface area contributed by atoms with Crippen molar-refractivity contribution in [2.24, 2.45) is 18.9 Å². The number of aliphatic hydroxyl groups is 1. The minimum Gasteiger partial charge on any atom is -0.390 e. The molecule has 1 aromatic carbocycles. The Morgan fingerprint density at radius 2 is 1.89 bits per heavy atom. The van der Waals surface area contributed by atoms with Crippen molar-refractivity contribution in [3.05, 3.63) is 39.9 Å². The van der Waals surface area contributed by atoms with E-state index in [9.17, 15) is 18.7 Å². The van der Waals surface area contributed by atoms with E-state index in [2.05, 4.69) is 15.3 Å². The molecular formula is C24H31ClF2N6O2. The molecule has 1 aliphatic heterocycles. The summed E-state index contributed by atoms with van der Waals surface area (Å²) >= 11 is 6.35. The van der Waals surface area contributed by atoms with E-state index in [1.165, 1.54) is 20.0 Å². The predicted octanol–water partition coefficient (Wildman–Crippen LogP) is 4.42. The zero-order valence-electron chi connectivity index (χ0n) is 20.5. The number of hydrogen-bond acceptors (Lipinski definition) is 6. The van der Waals surface area contributed by atoms with Crippen molar-refractivity contribution in [2.75, 3.05) is 23.3 Å². The second-order valence-electron chi connectivity index (χ2n) is 10.1. The molecular weight excluding hydrogens is 478 g/mol. The van der Waals surface area contributed by atoms with Crippen molar-refractivity contribution < 1.29 is 13.9 Å². The van der Waals surface area contributed by atoms with Crippen LogP contribution in [0.25, 0.3) is 11.0 Å². The molecule has 4 rings (SSSR count). The fraction of sp³-hybridized carbons (Fsp3) is 0.542. The van der Waals surface area contributed by atoms with Crippen LogP contribution < -0.4 is 15.9 Å². The van der Waals surface area contributed by atoms with E-state index in [0.717, 1.165) is 5.52 Å². The number of benzene rings is 1. The van der Waals surface area contributed by atoms with Crippen LogP contribution in [0, 0.1) is 11.8 Å². The summed E-state index contributed by atoms with van der Waals surface area (Å²) in [5, 5.41) is 13.6. The Kier molecular flexibility index (Phi) is 6.56. The third-order valence-electron chi connectivity index (χ3n) is 6.67. The molecule has 1 aliphatic rings. The lowest BCUT2D eigenvalue weighted by Gasteiger charge is -2.41. The first-order valence-corrected chi connectivity index (χ1v) is 12.0. The maximum absolute atomic E-state index is 14.3. The summed E-state index contributed by atoms with van der Waals surface area (Å²) in [6.07, 6.45) is 1.87. The molecule has 0 saturated carbocycles. The average molecular weight is 509 g/mol. The number of fused-ring (bicyclic) bond motifs is 1. The highest BCUT2D eigenvalue weighted by Crippen LogP contribution is 2.39. The van der Waals surface area contributed by atoms with Crippen LogP contribution in [0.15, 0.2) is 29.2 Å². The van der Waals surface area contributed by atoms with Crippen molar-refractivity contribution in [1.29, 1.82) is 0 Å². The molecule has 2 N–H and O–H groups in total. The smallest absolute Gasteiger partial charge is 0.328 e. The van der Waals surface area contributed by atoms with E-state index in [-0.39, 0.29) is 23.8 Å². The van der Waals surface area contributed by atoms with E-state index < -0.39 is 23.4 Å². The quantitative estimate of drug-likeness (QED) is 0.512. The van der Waals surface area contributed by atoms with Gasteiger partial charge < -0.3 is 15.3 Å². The lowest BCUT2D eigenvalue weighted by Crippen LogP contribution is -2.52. The van der Waals surface area contributed by atoms with Gasteiger partial charge in [0.1, 0.15) is 5.02 Å². The van der Waals surface area contributed by atoms with Crippen molar-refractivity contribution in [2.45, 2.75) is 52.2 Å². The van der Waals surface area contributed by atoms with Gasteiger partial charge in [0.2, 0.25) is 5.95 Å². The molecule has 1 saturated heterocycles. The summed E-state index contributed by atoms with van der Waals surface area (Å²) in [7, 11) is 1.70. The van der Waals surface area contributed by atoms with Gasteiger partial charge in [-0.25, -0.2) is 18.6 Å². The number of nitrogens with one attached hydrogen (secondary N) is 1. The fourth-order valence-electron chi connectivity index (χ4n) is 4.45. The molecule has 8 nitrogen and oxygen atoms in total. The van der Waals surface area contributed by atoms with E-state index in [1.807, 2.05) is 18.2 Å². The molecule has 1 fully saturated rings. The number of halogens is 3. The molecule has 0 amide bonds. The summed E-state index contributed by atoms with van der Waals surface area (Å²) in [5.74, 6) is -3.73. The molecule has 2 aromatic heterocycles. The molecule has 3 heterocycles. The van der Waals surface area contributed by atoms with Gasteiger partial charge in [0, 0.05) is 44.2 Å². The van der Waals surface area contributed by atoms with Gasteiger partial charge in [-0.1, -0.05) is 25.4 Å². The first kappa shape index (κ1) is 25.4. The van der Waals surface area contributed by atoms with Crippen LogP contribution in [-0.2, 0) is 13.6 Å². The highest BCUT2D eigenvalue weighted by Gasteiger charge is 2.47. The number of aromatic nitrogens is 4. The molecule has 0 radical (unpaired) electrons. The number of alkyl halides is 2. The first-order valence-electron chi connectivity index (χ1n) is 11.6. The van der Waals surface area contributed by atoms with E-state index in [1.54, 1.807) is 34.9 Å². The summed E-state index contributed by atoms with van der Waals surface area (Å²) in [6, 6.07) is 5.46. The van der Waals surface area contributed by atoms with Crippen LogP contribution in [0.3, 0.4) is 0 Å². The Bertz CT molecular complexity index is 1290. The Balaban J connectivity index is 1.63. The Labute approximate surface area is 207 Å². The Morgan fingerprint density at radius 3 is 2.51 bits per heavy atom. The minimum atomic E-state index is -2.74. The second-order valence-corrected chi connectivity index (χ2v) is 10.5. The maximum atomic E-state index is 14.3. The highest BCUT2D eigenvalue weighted by atomic mass is 35.5. The average Bonchev–Trinajstić information content (AvgIpc) is 3.01. The molecule has 0 spiro atoms. The van der Waals surface area contributed by atoms with Gasteiger partial charge in [-0.15, -0.1) is 0 Å². The summed E-state index contributed by atoms with van der Waals surface area (Å²) in [6.45, 7) is 7.11. The molecule has 3 aromatic rings. The molecule has 11 heteroatoms. The number of rotatable bonds is 6. The van der Waals surface area contributed by atoms with Crippen molar-refractivity contribution >= 4 is 40.1 Å². The number of hydrogen-bond donors (Lipinski definition) is 2. The molecule has 2 atom stereocenters. The van der Waals surface area contributed by atoms with Crippen LogP contribution in [0.1, 0.15) is 34.1 Å². The van der Waals surface area contributed by atoms with Crippen LogP contribution in [-0.4, -0.2) is 48.8 Å². The van der Waals surface area contributed by atoms with Gasteiger partial charge in [0.05, 0.1) is 22.8 Å². The fourth-order valence-corrected chi connectivity index (χ4v) is 4.59. The lowest BCUT2D eigenvalue weighted by molar-refractivity contribution is -0.105. The molecule has 0 aliphatic carbocycles. The topological polar surface area (TPSA) is 88.2 Å². The van der Waals surface area contributed by atoms with Gasteiger partial charge in [0.25, 0.3) is 5.92 Å². The summed E-state index contributed by atoms with van der Waals surface area (Å²) < 4.78 is 31.8. The molecule has 2 unspecified atom stereocenters. The van der Waals surface area contributed by atoms with Gasteiger partial charge in [0.15, 0.2) is 5.82 Å². The van der Waals surface area contributed by atoms with Gasteiger partial charge in [-0.3, -0.25) is 9.13 Å². The Hall–Kier alpha value is -2.72. The first-order chi connectivity index (χ1) is 16.3. The van der Waals surface area contributed by atoms with Gasteiger partial charge in [-0.05, 0) is 38.5 Å². The predicted molar refractivity (Wildman–Crippen MR) is 134 cm³/mol.